The summed E-state index contributed by atoms with van der Waals surface area (Å²) in [6, 6.07) is 11.1. The van der Waals surface area contributed by atoms with Crippen LogP contribution in [0, 0.1) is 10.8 Å². The quantitative estimate of drug-likeness (QED) is 0.380. The van der Waals surface area contributed by atoms with Gasteiger partial charge in [0.1, 0.15) is 24.1 Å². The molecule has 4 rings (SSSR count). The zero-order valence-corrected chi connectivity index (χ0v) is 17.6. The van der Waals surface area contributed by atoms with Gasteiger partial charge in [0.05, 0.1) is 12.0 Å². The van der Waals surface area contributed by atoms with Crippen LogP contribution in [-0.4, -0.2) is 34.5 Å². The van der Waals surface area contributed by atoms with E-state index in [0.29, 0.717) is 21.8 Å². The standard InChI is InChI=1S/C22H17ClF3N5O2/c23-15-3-5-16(6-4-15)31-20-13(2-8-19(29-20)33-11-22(24,25)26)9-17(21(31)32)14-1-7-18(28)30(10-14)12-27/h1-10,12,19,27-29H,11H2. The van der Waals surface area contributed by atoms with Crippen molar-refractivity contribution >= 4 is 29.8 Å². The summed E-state index contributed by atoms with van der Waals surface area (Å²) in [4.78, 5) is 13.6. The molecule has 0 spiro atoms. The third-order valence-electron chi connectivity index (χ3n) is 4.90. The highest BCUT2D eigenvalue weighted by Crippen LogP contribution is 2.30. The molecule has 7 nitrogen and oxygen atoms in total. The van der Waals surface area contributed by atoms with Gasteiger partial charge in [0.25, 0.3) is 5.56 Å². The Kier molecular flexibility index (Phi) is 5.96. The van der Waals surface area contributed by atoms with Gasteiger partial charge >= 0.3 is 6.18 Å². The van der Waals surface area contributed by atoms with Crippen molar-refractivity contribution in [3.8, 4) is 16.8 Å². The molecule has 33 heavy (non-hydrogen) atoms. The van der Waals surface area contributed by atoms with Gasteiger partial charge in [-0.3, -0.25) is 24.7 Å². The fourth-order valence-electron chi connectivity index (χ4n) is 3.39. The van der Waals surface area contributed by atoms with Crippen molar-refractivity contribution in [2.75, 3.05) is 11.9 Å². The van der Waals surface area contributed by atoms with Crippen LogP contribution in [0.2, 0.25) is 5.02 Å². The summed E-state index contributed by atoms with van der Waals surface area (Å²) in [5.41, 5.74) is 1.34. The highest BCUT2D eigenvalue weighted by Gasteiger charge is 2.30. The number of rotatable bonds is 5. The lowest BCUT2D eigenvalue weighted by molar-refractivity contribution is -0.178. The number of hydrogen-bond acceptors (Lipinski definition) is 5. The van der Waals surface area contributed by atoms with Crippen LogP contribution in [0.4, 0.5) is 19.0 Å². The van der Waals surface area contributed by atoms with Crippen molar-refractivity contribution in [3.05, 3.63) is 81.2 Å². The molecular formula is C22H17ClF3N5O2. The number of hydrogen-bond donors (Lipinski definition) is 3. The van der Waals surface area contributed by atoms with E-state index in [2.05, 4.69) is 5.32 Å². The van der Waals surface area contributed by atoms with E-state index in [9.17, 15) is 18.0 Å². The van der Waals surface area contributed by atoms with Crippen LogP contribution < -0.4 is 16.4 Å². The van der Waals surface area contributed by atoms with Crippen molar-refractivity contribution in [1.82, 2.24) is 9.13 Å². The van der Waals surface area contributed by atoms with Gasteiger partial charge in [0, 0.05) is 27.9 Å². The van der Waals surface area contributed by atoms with E-state index in [1.165, 1.54) is 27.5 Å². The summed E-state index contributed by atoms with van der Waals surface area (Å²) in [6.07, 6.45) is -0.147. The fraction of sp³-hybridized carbons (Fsp3) is 0.136. The highest BCUT2D eigenvalue weighted by molar-refractivity contribution is 6.30. The summed E-state index contributed by atoms with van der Waals surface area (Å²) < 4.78 is 45.3. The van der Waals surface area contributed by atoms with Gasteiger partial charge < -0.3 is 10.1 Å². The largest absolute Gasteiger partial charge is 0.411 e. The van der Waals surface area contributed by atoms with Crippen molar-refractivity contribution in [1.29, 1.82) is 10.8 Å². The molecular weight excluding hydrogens is 459 g/mol. The Labute approximate surface area is 190 Å². The van der Waals surface area contributed by atoms with Crippen LogP contribution >= 0.6 is 11.6 Å². The first-order valence-corrected chi connectivity index (χ1v) is 10.0. The van der Waals surface area contributed by atoms with Crippen LogP contribution in [0.1, 0.15) is 5.56 Å². The predicted octanol–water partition coefficient (Wildman–Crippen LogP) is 4.24. The molecule has 1 aliphatic heterocycles. The van der Waals surface area contributed by atoms with Crippen LogP contribution in [0.3, 0.4) is 0 Å². The van der Waals surface area contributed by atoms with Crippen LogP contribution in [0.25, 0.3) is 22.9 Å². The van der Waals surface area contributed by atoms with E-state index < -0.39 is 24.6 Å². The second kappa shape index (κ2) is 8.72. The predicted molar refractivity (Wildman–Crippen MR) is 119 cm³/mol. The third-order valence-corrected chi connectivity index (χ3v) is 5.15. The van der Waals surface area contributed by atoms with Gasteiger partial charge in [0.15, 0.2) is 0 Å². The maximum Gasteiger partial charge on any atom is 0.411 e. The average molecular weight is 476 g/mol. The number of aromatic nitrogens is 2. The number of pyridine rings is 2. The van der Waals surface area contributed by atoms with Crippen LogP contribution in [-0.2, 0) is 4.74 Å². The second-order valence-corrected chi connectivity index (χ2v) is 7.60. The van der Waals surface area contributed by atoms with E-state index in [-0.39, 0.29) is 16.9 Å². The lowest BCUT2D eigenvalue weighted by Gasteiger charge is -2.26. The minimum absolute atomic E-state index is 0.0657. The molecule has 0 saturated heterocycles. The molecule has 3 N–H and O–H groups in total. The maximum atomic E-state index is 13.6. The Bertz CT molecular complexity index is 1360. The lowest BCUT2D eigenvalue weighted by Crippen LogP contribution is -2.33. The summed E-state index contributed by atoms with van der Waals surface area (Å²) in [7, 11) is 0. The molecule has 0 radical (unpaired) electrons. The molecule has 3 heterocycles. The first kappa shape index (κ1) is 22.6. The zero-order valence-electron chi connectivity index (χ0n) is 16.9. The summed E-state index contributed by atoms with van der Waals surface area (Å²) >= 11 is 5.98. The molecule has 1 unspecified atom stereocenters. The number of halogens is 4. The smallest absolute Gasteiger partial charge is 0.345 e. The van der Waals surface area contributed by atoms with E-state index in [4.69, 9.17) is 27.2 Å². The molecule has 11 heteroatoms. The van der Waals surface area contributed by atoms with Crippen LogP contribution in [0.15, 0.2) is 59.5 Å². The molecule has 0 bridgehead atoms. The first-order valence-electron chi connectivity index (χ1n) is 9.63. The molecule has 0 saturated carbocycles. The van der Waals surface area contributed by atoms with E-state index in [1.54, 1.807) is 42.5 Å². The van der Waals surface area contributed by atoms with E-state index in [1.807, 2.05) is 0 Å². The SMILES string of the molecule is N=Cn1cc(-c2cc3c(n(-c4ccc(Cl)cc4)c2=O)NC(OCC(F)(F)F)C=C3)ccc1=N. The number of benzene rings is 1. The number of nitrogens with zero attached hydrogens (tertiary/aromatic N) is 2. The number of alkyl halides is 3. The van der Waals surface area contributed by atoms with E-state index >= 15 is 0 Å². The second-order valence-electron chi connectivity index (χ2n) is 7.17. The topological polar surface area (TPSA) is 95.9 Å². The minimum atomic E-state index is -4.50. The highest BCUT2D eigenvalue weighted by atomic mass is 35.5. The van der Waals surface area contributed by atoms with Gasteiger partial charge in [-0.25, -0.2) is 0 Å². The van der Waals surface area contributed by atoms with Gasteiger partial charge in [-0.15, -0.1) is 0 Å². The Hall–Kier alpha value is -3.63. The maximum absolute atomic E-state index is 13.6. The van der Waals surface area contributed by atoms with Gasteiger partial charge in [0.2, 0.25) is 0 Å². The Morgan fingerprint density at radius 2 is 1.91 bits per heavy atom. The first-order chi connectivity index (χ1) is 15.7. The van der Waals surface area contributed by atoms with Crippen molar-refractivity contribution in [3.63, 3.8) is 0 Å². The Morgan fingerprint density at radius 1 is 1.18 bits per heavy atom. The number of fused-ring (bicyclic) bond motifs is 1. The van der Waals surface area contributed by atoms with Gasteiger partial charge in [-0.2, -0.15) is 13.2 Å². The summed E-state index contributed by atoms with van der Waals surface area (Å²) in [5, 5.41) is 18.6. The van der Waals surface area contributed by atoms with Crippen molar-refractivity contribution in [2.45, 2.75) is 12.4 Å². The minimum Gasteiger partial charge on any atom is -0.345 e. The molecule has 1 aromatic carbocycles. The summed E-state index contributed by atoms with van der Waals surface area (Å²) in [5.74, 6) is 0.262. The molecule has 1 aliphatic rings. The Balaban J connectivity index is 1.88. The average Bonchev–Trinajstić information content (AvgIpc) is 2.78. The molecule has 0 amide bonds. The molecule has 0 aliphatic carbocycles. The van der Waals surface area contributed by atoms with E-state index in [0.717, 1.165) is 6.34 Å². The van der Waals surface area contributed by atoms with Crippen molar-refractivity contribution in [2.24, 2.45) is 0 Å². The molecule has 1 atom stereocenters. The van der Waals surface area contributed by atoms with Gasteiger partial charge in [-0.1, -0.05) is 17.7 Å². The molecule has 170 valence electrons. The molecule has 0 fully saturated rings. The molecule has 2 aromatic heterocycles. The zero-order chi connectivity index (χ0) is 23.8. The lowest BCUT2D eigenvalue weighted by atomic mass is 10.0. The normalized spacial score (nSPS) is 15.1. The fourth-order valence-corrected chi connectivity index (χ4v) is 3.52. The molecule has 3 aromatic rings. The monoisotopic (exact) mass is 475 g/mol. The van der Waals surface area contributed by atoms with Crippen LogP contribution in [0.5, 0.6) is 0 Å². The summed E-state index contributed by atoms with van der Waals surface area (Å²) in [6.45, 7) is -1.45. The van der Waals surface area contributed by atoms with Gasteiger partial charge in [-0.05, 0) is 48.5 Å². The number of anilines is 1. The Morgan fingerprint density at radius 3 is 2.58 bits per heavy atom. The number of nitrogens with one attached hydrogen (secondary N) is 3. The third kappa shape index (κ3) is 4.76. The van der Waals surface area contributed by atoms with Crippen molar-refractivity contribution < 1.29 is 17.9 Å². The number of ether oxygens (including phenoxy) is 1.